The molecule has 3 heteroatoms. The normalized spacial score (nSPS) is 37.1. The summed E-state index contributed by atoms with van der Waals surface area (Å²) in [5.74, 6) is 0.848. The molecule has 0 N–H and O–H groups in total. The Labute approximate surface area is 205 Å². The Bertz CT molecular complexity index is 1050. The highest BCUT2D eigenvalue weighted by molar-refractivity contribution is 5.89. The van der Waals surface area contributed by atoms with Crippen molar-refractivity contribution in [2.45, 2.75) is 85.7 Å². The Morgan fingerprint density at radius 1 is 1.03 bits per heavy atom. The summed E-state index contributed by atoms with van der Waals surface area (Å²) in [6.45, 7) is 11.7. The maximum atomic E-state index is 12.9. The van der Waals surface area contributed by atoms with Gasteiger partial charge < -0.3 is 9.53 Å². The third-order valence-corrected chi connectivity index (χ3v) is 10.5. The molecule has 0 radical (unpaired) electrons. The lowest BCUT2D eigenvalue weighted by Crippen LogP contribution is -2.54. The Morgan fingerprint density at radius 3 is 2.47 bits per heavy atom. The monoisotopic (exact) mass is 460 g/mol. The zero-order chi connectivity index (χ0) is 24.3. The topological polar surface area (TPSA) is 43.4 Å². The van der Waals surface area contributed by atoms with Crippen molar-refractivity contribution in [1.82, 2.24) is 0 Å². The average Bonchev–Trinajstić information content (AvgIpc) is 3.18. The zero-order valence-corrected chi connectivity index (χ0v) is 21.5. The highest BCUT2D eigenvalue weighted by Gasteiger charge is 2.58. The van der Waals surface area contributed by atoms with Crippen LogP contribution in [0.1, 0.15) is 89.9 Å². The second-order valence-electron chi connectivity index (χ2n) is 12.5. The summed E-state index contributed by atoms with van der Waals surface area (Å²) in [6, 6.07) is 9.39. The van der Waals surface area contributed by atoms with E-state index in [0.29, 0.717) is 17.4 Å². The number of benzene rings is 1. The Morgan fingerprint density at radius 2 is 1.76 bits per heavy atom. The van der Waals surface area contributed by atoms with Gasteiger partial charge in [0.2, 0.25) is 0 Å². The lowest BCUT2D eigenvalue weighted by atomic mass is 9.46. The standard InChI is InChI=1S/C31H40O3/c1-20(19-32)23-12-13-24-22-11-14-26-29(2,3)27(34-28(33)21-9-7-6-8-10-21)16-18-31(26,5)25(22)15-17-30(23,24)4/h6-10,13,19-20,23,26-27H,11-12,14-18H2,1-5H3/t20-,23-,26+,27+,30-,31-/m1/s1. The van der Waals surface area contributed by atoms with E-state index in [-0.39, 0.29) is 34.2 Å². The summed E-state index contributed by atoms with van der Waals surface area (Å²) in [4.78, 5) is 24.5. The van der Waals surface area contributed by atoms with Gasteiger partial charge in [0.05, 0.1) is 5.56 Å². The molecule has 0 amide bonds. The smallest absolute Gasteiger partial charge is 0.338 e. The minimum absolute atomic E-state index is 0.0576. The lowest BCUT2D eigenvalue weighted by molar-refractivity contribution is -0.113. The maximum Gasteiger partial charge on any atom is 0.338 e. The van der Waals surface area contributed by atoms with E-state index in [4.69, 9.17) is 4.74 Å². The molecule has 1 fully saturated rings. The van der Waals surface area contributed by atoms with Gasteiger partial charge >= 0.3 is 5.97 Å². The number of aldehydes is 1. The molecular formula is C31H40O3. The molecule has 0 spiro atoms. The van der Waals surface area contributed by atoms with Crippen LogP contribution in [0.25, 0.3) is 0 Å². The van der Waals surface area contributed by atoms with E-state index in [2.05, 4.69) is 40.7 Å². The molecular weight excluding hydrogens is 420 g/mol. The fourth-order valence-electron chi connectivity index (χ4n) is 8.57. The van der Waals surface area contributed by atoms with Gasteiger partial charge in [0.25, 0.3) is 0 Å². The van der Waals surface area contributed by atoms with Crippen molar-refractivity contribution in [2.24, 2.45) is 34.0 Å². The van der Waals surface area contributed by atoms with Crippen LogP contribution >= 0.6 is 0 Å². The molecule has 4 aliphatic rings. The van der Waals surface area contributed by atoms with Gasteiger partial charge in [0.1, 0.15) is 12.4 Å². The van der Waals surface area contributed by atoms with Gasteiger partial charge in [-0.1, -0.05) is 64.5 Å². The van der Waals surface area contributed by atoms with Crippen LogP contribution in [0.15, 0.2) is 53.1 Å². The summed E-state index contributed by atoms with van der Waals surface area (Å²) in [5, 5.41) is 0. The number of hydrogen-bond acceptors (Lipinski definition) is 3. The number of carbonyl (C=O) groups excluding carboxylic acids is 2. The van der Waals surface area contributed by atoms with Crippen molar-refractivity contribution >= 4 is 12.3 Å². The molecule has 4 aliphatic carbocycles. The third kappa shape index (κ3) is 3.37. The van der Waals surface area contributed by atoms with E-state index in [1.165, 1.54) is 0 Å². The molecule has 0 heterocycles. The molecule has 1 aromatic rings. The number of fused-ring (bicyclic) bond motifs is 4. The van der Waals surface area contributed by atoms with Crippen LogP contribution in [0, 0.1) is 34.0 Å². The number of carbonyl (C=O) groups is 2. The molecule has 5 rings (SSSR count). The molecule has 0 saturated heterocycles. The second kappa shape index (κ2) is 8.21. The summed E-state index contributed by atoms with van der Waals surface area (Å²) < 4.78 is 6.16. The van der Waals surface area contributed by atoms with E-state index < -0.39 is 0 Å². The molecule has 1 aromatic carbocycles. The van der Waals surface area contributed by atoms with E-state index in [9.17, 15) is 9.59 Å². The fraction of sp³-hybridized carbons (Fsp3) is 0.613. The van der Waals surface area contributed by atoms with Gasteiger partial charge in [0, 0.05) is 11.3 Å². The van der Waals surface area contributed by atoms with Gasteiger partial charge in [-0.2, -0.15) is 0 Å². The molecule has 182 valence electrons. The second-order valence-corrected chi connectivity index (χ2v) is 12.5. The van der Waals surface area contributed by atoms with Crippen molar-refractivity contribution in [3.63, 3.8) is 0 Å². The first kappa shape index (κ1) is 23.6. The summed E-state index contributed by atoms with van der Waals surface area (Å²) in [7, 11) is 0. The molecule has 0 aromatic heterocycles. The number of esters is 1. The molecule has 0 aliphatic heterocycles. The SMILES string of the molecule is C[C@H](C=O)[C@H]1CC=C2C3=C(CC[C@@]21C)[C@@]1(C)CC[C@H](OC(=O)c2ccccc2)C(C)(C)[C@@H]1CC3. The average molecular weight is 461 g/mol. The van der Waals surface area contributed by atoms with Crippen molar-refractivity contribution in [1.29, 1.82) is 0 Å². The largest absolute Gasteiger partial charge is 0.458 e. The van der Waals surface area contributed by atoms with Crippen LogP contribution in [0.3, 0.4) is 0 Å². The fourth-order valence-corrected chi connectivity index (χ4v) is 8.57. The van der Waals surface area contributed by atoms with Crippen molar-refractivity contribution in [3.8, 4) is 0 Å². The van der Waals surface area contributed by atoms with Crippen LogP contribution < -0.4 is 0 Å². The first-order valence-corrected chi connectivity index (χ1v) is 13.3. The molecule has 1 saturated carbocycles. The predicted molar refractivity (Wildman–Crippen MR) is 135 cm³/mol. The number of hydrogen-bond donors (Lipinski definition) is 0. The zero-order valence-electron chi connectivity index (χ0n) is 21.5. The number of ether oxygens (including phenoxy) is 1. The first-order chi connectivity index (χ1) is 16.1. The third-order valence-electron chi connectivity index (χ3n) is 10.5. The van der Waals surface area contributed by atoms with Crippen molar-refractivity contribution < 1.29 is 14.3 Å². The van der Waals surface area contributed by atoms with Crippen LogP contribution in [0.2, 0.25) is 0 Å². The maximum absolute atomic E-state index is 12.9. The molecule has 0 bridgehead atoms. The van der Waals surface area contributed by atoms with Crippen LogP contribution in [0.4, 0.5) is 0 Å². The van der Waals surface area contributed by atoms with E-state index in [1.807, 2.05) is 30.3 Å². The van der Waals surface area contributed by atoms with Gasteiger partial charge in [0.15, 0.2) is 0 Å². The summed E-state index contributed by atoms with van der Waals surface area (Å²) in [6.07, 6.45) is 11.1. The van der Waals surface area contributed by atoms with Gasteiger partial charge in [-0.15, -0.1) is 0 Å². The van der Waals surface area contributed by atoms with Crippen molar-refractivity contribution in [2.75, 3.05) is 0 Å². The lowest BCUT2D eigenvalue weighted by Gasteiger charge is -2.59. The van der Waals surface area contributed by atoms with E-state index in [0.717, 1.165) is 51.2 Å². The Balaban J connectivity index is 1.42. The summed E-state index contributed by atoms with van der Waals surface area (Å²) >= 11 is 0. The van der Waals surface area contributed by atoms with E-state index in [1.54, 1.807) is 16.7 Å². The Hall–Kier alpha value is -2.16. The summed E-state index contributed by atoms with van der Waals surface area (Å²) in [5.41, 5.74) is 5.71. The van der Waals surface area contributed by atoms with Gasteiger partial charge in [-0.25, -0.2) is 4.79 Å². The van der Waals surface area contributed by atoms with Crippen LogP contribution in [0.5, 0.6) is 0 Å². The van der Waals surface area contributed by atoms with Gasteiger partial charge in [-0.05, 0) is 90.9 Å². The Kier molecular flexibility index (Phi) is 5.69. The first-order valence-electron chi connectivity index (χ1n) is 13.3. The molecule has 3 nitrogen and oxygen atoms in total. The molecule has 34 heavy (non-hydrogen) atoms. The van der Waals surface area contributed by atoms with Gasteiger partial charge in [-0.3, -0.25) is 0 Å². The minimum atomic E-state index is -0.196. The van der Waals surface area contributed by atoms with E-state index >= 15 is 0 Å². The highest BCUT2D eigenvalue weighted by Crippen LogP contribution is 2.66. The highest BCUT2D eigenvalue weighted by atomic mass is 16.5. The predicted octanol–water partition coefficient (Wildman–Crippen LogP) is 7.33. The number of rotatable bonds is 4. The van der Waals surface area contributed by atoms with Crippen LogP contribution in [-0.2, 0) is 9.53 Å². The molecule has 0 unspecified atom stereocenters. The quantitative estimate of drug-likeness (QED) is 0.349. The minimum Gasteiger partial charge on any atom is -0.458 e. The van der Waals surface area contributed by atoms with Crippen LogP contribution in [-0.4, -0.2) is 18.4 Å². The molecule has 6 atom stereocenters. The number of allylic oxidation sites excluding steroid dienone is 4. The van der Waals surface area contributed by atoms with Crippen molar-refractivity contribution in [3.05, 3.63) is 58.7 Å².